The summed E-state index contributed by atoms with van der Waals surface area (Å²) in [5, 5.41) is 8.08. The lowest BCUT2D eigenvalue weighted by Gasteiger charge is -2.35. The van der Waals surface area contributed by atoms with Gasteiger partial charge in [0, 0.05) is 86.9 Å². The van der Waals surface area contributed by atoms with Crippen LogP contribution in [0.1, 0.15) is 66.9 Å². The van der Waals surface area contributed by atoms with Gasteiger partial charge in [-0.15, -0.1) is 11.8 Å². The molecular formula is C46H50N10O6S. The third kappa shape index (κ3) is 9.11. The minimum absolute atomic E-state index is 0.0639. The van der Waals surface area contributed by atoms with Crippen LogP contribution in [0, 0.1) is 0 Å². The first-order chi connectivity index (χ1) is 30.7. The third-order valence-corrected chi connectivity index (χ3v) is 13.5. The number of nitrogens with two attached hydrogens (primary N) is 1. The van der Waals surface area contributed by atoms with E-state index in [-0.39, 0.29) is 36.1 Å². The Labute approximate surface area is 369 Å². The molecule has 3 N–H and O–H groups in total. The summed E-state index contributed by atoms with van der Waals surface area (Å²) >= 11 is 1.55. The Morgan fingerprint density at radius 2 is 1.62 bits per heavy atom. The number of para-hydroxylation sites is 1. The first kappa shape index (κ1) is 42.0. The summed E-state index contributed by atoms with van der Waals surface area (Å²) in [4.78, 5) is 81.7. The number of ether oxygens (including phenoxy) is 1. The molecule has 6 heterocycles. The van der Waals surface area contributed by atoms with E-state index in [4.69, 9.17) is 15.6 Å². The number of piperidine rings is 2. The third-order valence-electron chi connectivity index (χ3n) is 12.4. The Kier molecular flexibility index (Phi) is 12.4. The maximum Gasteiger partial charge on any atom is 0.255 e. The summed E-state index contributed by atoms with van der Waals surface area (Å²) in [5.41, 5.74) is 10.1. The van der Waals surface area contributed by atoms with Crippen LogP contribution < -0.4 is 15.8 Å². The Balaban J connectivity index is 0.727. The highest BCUT2D eigenvalue weighted by Gasteiger charge is 2.40. The van der Waals surface area contributed by atoms with Crippen LogP contribution in [0.2, 0.25) is 0 Å². The van der Waals surface area contributed by atoms with Crippen molar-refractivity contribution in [2.24, 2.45) is 0 Å². The number of nitrogens with zero attached hydrogens (tertiary/aromatic N) is 8. The molecule has 0 aliphatic carbocycles. The molecule has 0 saturated carbocycles. The number of nitrogen functional groups attached to an aromatic ring is 1. The second kappa shape index (κ2) is 18.6. The number of carbonyl (C=O) groups is 5. The van der Waals surface area contributed by atoms with E-state index in [1.165, 1.54) is 6.33 Å². The van der Waals surface area contributed by atoms with Crippen LogP contribution in [0.4, 0.5) is 5.82 Å². The van der Waals surface area contributed by atoms with Gasteiger partial charge in [-0.3, -0.25) is 34.2 Å². The topological polar surface area (TPSA) is 189 Å². The second-order valence-corrected chi connectivity index (χ2v) is 17.6. The number of aromatic nitrogens is 4. The fraction of sp³-hybridized carbons (Fsp3) is 0.391. The van der Waals surface area contributed by atoms with E-state index in [1.807, 2.05) is 81.2 Å². The van der Waals surface area contributed by atoms with E-state index in [0.717, 1.165) is 60.7 Å². The highest BCUT2D eigenvalue weighted by atomic mass is 32.2. The molecule has 0 radical (unpaired) electrons. The van der Waals surface area contributed by atoms with E-state index < -0.39 is 11.9 Å². The number of anilines is 1. The molecule has 63 heavy (non-hydrogen) atoms. The monoisotopic (exact) mass is 870 g/mol. The van der Waals surface area contributed by atoms with Gasteiger partial charge in [0.1, 0.15) is 35.4 Å². The fourth-order valence-electron chi connectivity index (χ4n) is 9.07. The Morgan fingerprint density at radius 1 is 0.841 bits per heavy atom. The second-order valence-electron chi connectivity index (χ2n) is 16.4. The number of amides is 5. The number of hydrogen-bond donors (Lipinski definition) is 2. The summed E-state index contributed by atoms with van der Waals surface area (Å²) in [7, 11) is 0. The number of nitrogens with one attached hydrogen (secondary N) is 1. The Morgan fingerprint density at radius 3 is 2.41 bits per heavy atom. The SMILES string of the molecule is Nc1ncnc2c1c(-c1ccc(Oc3ccccc3)cc1)nn2C1CCCN(C(=O)CCCN2CCN(C(=O)CCSc3cccc4c3CN(C3CCC(=O)NC3=O)C4=O)CC2)C1. The average molecular weight is 871 g/mol. The molecule has 3 fully saturated rings. The highest BCUT2D eigenvalue weighted by molar-refractivity contribution is 7.99. The average Bonchev–Trinajstić information content (AvgIpc) is 3.86. The normalized spacial score (nSPS) is 19.4. The fourth-order valence-corrected chi connectivity index (χ4v) is 10.1. The number of imide groups is 1. The van der Waals surface area contributed by atoms with Gasteiger partial charge in [-0.1, -0.05) is 24.3 Å². The molecule has 3 saturated heterocycles. The van der Waals surface area contributed by atoms with Crippen LogP contribution >= 0.6 is 11.8 Å². The minimum Gasteiger partial charge on any atom is -0.457 e. The molecule has 9 rings (SSSR count). The maximum absolute atomic E-state index is 13.6. The van der Waals surface area contributed by atoms with E-state index in [9.17, 15) is 24.0 Å². The molecule has 5 aromatic rings. The van der Waals surface area contributed by atoms with Crippen LogP contribution in [0.15, 0.2) is 84.0 Å². The van der Waals surface area contributed by atoms with Gasteiger partial charge in [0.15, 0.2) is 5.65 Å². The van der Waals surface area contributed by atoms with E-state index in [0.29, 0.717) is 91.6 Å². The van der Waals surface area contributed by atoms with Gasteiger partial charge in [-0.25, -0.2) is 14.6 Å². The van der Waals surface area contributed by atoms with Gasteiger partial charge >= 0.3 is 0 Å². The van der Waals surface area contributed by atoms with Crippen molar-refractivity contribution in [3.8, 4) is 22.8 Å². The molecular weight excluding hydrogens is 821 g/mol. The van der Waals surface area contributed by atoms with Crippen molar-refractivity contribution >= 4 is 58.1 Å². The van der Waals surface area contributed by atoms with Crippen LogP contribution in [0.5, 0.6) is 11.5 Å². The van der Waals surface area contributed by atoms with E-state index in [1.54, 1.807) is 22.7 Å². The highest BCUT2D eigenvalue weighted by Crippen LogP contribution is 2.36. The first-order valence-corrected chi connectivity index (χ1v) is 22.7. The van der Waals surface area contributed by atoms with Crippen molar-refractivity contribution in [1.29, 1.82) is 0 Å². The van der Waals surface area contributed by atoms with Crippen LogP contribution in [0.25, 0.3) is 22.3 Å². The van der Waals surface area contributed by atoms with Crippen LogP contribution in [-0.4, -0.2) is 126 Å². The van der Waals surface area contributed by atoms with Crippen molar-refractivity contribution in [3.63, 3.8) is 0 Å². The van der Waals surface area contributed by atoms with Crippen molar-refractivity contribution < 1.29 is 28.7 Å². The maximum atomic E-state index is 13.6. The van der Waals surface area contributed by atoms with Gasteiger partial charge in [-0.05, 0) is 86.3 Å². The zero-order valence-corrected chi connectivity index (χ0v) is 35.8. The van der Waals surface area contributed by atoms with Gasteiger partial charge in [0.05, 0.1) is 11.4 Å². The van der Waals surface area contributed by atoms with Crippen molar-refractivity contribution in [1.82, 2.24) is 44.7 Å². The molecule has 3 aromatic carbocycles. The largest absolute Gasteiger partial charge is 0.457 e. The Hall–Kier alpha value is -6.33. The minimum atomic E-state index is -0.664. The lowest BCUT2D eigenvalue weighted by molar-refractivity contribution is -0.137. The first-order valence-electron chi connectivity index (χ1n) is 21.7. The van der Waals surface area contributed by atoms with Crippen molar-refractivity contribution in [2.45, 2.75) is 68.5 Å². The molecule has 16 nitrogen and oxygen atoms in total. The molecule has 17 heteroatoms. The summed E-state index contributed by atoms with van der Waals surface area (Å²) < 4.78 is 7.91. The predicted octanol–water partition coefficient (Wildman–Crippen LogP) is 4.90. The van der Waals surface area contributed by atoms with Gasteiger partial charge < -0.3 is 25.2 Å². The molecule has 326 valence electrons. The number of likely N-dealkylation sites (tertiary alicyclic amines) is 1. The number of hydrogen-bond acceptors (Lipinski definition) is 12. The van der Waals surface area contributed by atoms with Crippen molar-refractivity contribution in [2.75, 3.05) is 57.3 Å². The predicted molar refractivity (Wildman–Crippen MR) is 237 cm³/mol. The lowest BCUT2D eigenvalue weighted by Crippen LogP contribution is -2.52. The number of rotatable bonds is 13. The quantitative estimate of drug-likeness (QED) is 0.121. The molecule has 4 aliphatic rings. The van der Waals surface area contributed by atoms with Crippen LogP contribution in [0.3, 0.4) is 0 Å². The summed E-state index contributed by atoms with van der Waals surface area (Å²) in [5.74, 6) is 1.66. The number of carbonyl (C=O) groups excluding carboxylic acids is 5. The van der Waals surface area contributed by atoms with Gasteiger partial charge in [0.2, 0.25) is 23.6 Å². The van der Waals surface area contributed by atoms with Crippen LogP contribution in [-0.2, 0) is 25.7 Å². The van der Waals surface area contributed by atoms with E-state index in [2.05, 4.69) is 20.2 Å². The molecule has 2 aromatic heterocycles. The summed E-state index contributed by atoms with van der Waals surface area (Å²) in [6, 6.07) is 22.2. The number of thioether (sulfide) groups is 1. The molecule has 4 aliphatic heterocycles. The summed E-state index contributed by atoms with van der Waals surface area (Å²) in [6.07, 6.45) is 5.24. The molecule has 2 atom stereocenters. The van der Waals surface area contributed by atoms with Gasteiger partial charge in [0.25, 0.3) is 5.91 Å². The number of piperazine rings is 1. The Bertz CT molecular complexity index is 2530. The lowest BCUT2D eigenvalue weighted by atomic mass is 10.0. The summed E-state index contributed by atoms with van der Waals surface area (Å²) in [6.45, 7) is 5.12. The molecule has 5 amide bonds. The molecule has 0 spiro atoms. The zero-order valence-electron chi connectivity index (χ0n) is 35.0. The van der Waals surface area contributed by atoms with Gasteiger partial charge in [-0.2, -0.15) is 5.10 Å². The van der Waals surface area contributed by atoms with E-state index >= 15 is 0 Å². The number of fused-ring (bicyclic) bond motifs is 2. The standard InChI is InChI=1S/C46H50N10O6S/c47-43-41-42(30-13-15-33(16-14-30)62-32-8-2-1-3-9-32)51-56(44(41)49-29-48-43)31-7-5-21-54(27-31)39(58)12-6-20-52-22-24-53(25-23-52)40(59)19-26-63-37-11-4-10-34-35(37)28-55(46(34)61)36-17-18-38(57)50-45(36)60/h1-4,8-11,13-16,29,31,36H,5-7,12,17-28H2,(H2,47,48,49)(H,50,57,60). The number of benzene rings is 3. The van der Waals surface area contributed by atoms with Crippen molar-refractivity contribution in [3.05, 3.63) is 90.3 Å². The zero-order chi connectivity index (χ0) is 43.5. The smallest absolute Gasteiger partial charge is 0.255 e. The molecule has 2 unspecified atom stereocenters. The molecule has 0 bridgehead atoms.